The third-order valence-electron chi connectivity index (χ3n) is 3.97. The number of carbonyl (C=O) groups excluding carboxylic acids is 1. The molecule has 1 atom stereocenters. The highest BCUT2D eigenvalue weighted by Crippen LogP contribution is 2.41. The fourth-order valence-corrected chi connectivity index (χ4v) is 4.11. The molecule has 5 heteroatoms. The second kappa shape index (κ2) is 8.41. The molecular weight excluding hydrogens is 340 g/mol. The summed E-state index contributed by atoms with van der Waals surface area (Å²) in [5.74, 6) is 0.584. The van der Waals surface area contributed by atoms with Gasteiger partial charge in [-0.05, 0) is 43.7 Å². The van der Waals surface area contributed by atoms with Gasteiger partial charge in [-0.15, -0.1) is 11.8 Å². The Balaban J connectivity index is 2.51. The van der Waals surface area contributed by atoms with Crippen molar-refractivity contribution in [3.8, 4) is 6.07 Å². The number of nitrogens with zero attached hydrogens (tertiary/aromatic N) is 1. The monoisotopic (exact) mass is 360 g/mol. The third kappa shape index (κ3) is 4.03. The van der Waals surface area contributed by atoms with E-state index >= 15 is 0 Å². The second-order valence-electron chi connectivity index (χ2n) is 5.76. The van der Waals surface area contributed by atoms with Crippen LogP contribution in [0.25, 0.3) is 0 Å². The quantitative estimate of drug-likeness (QED) is 0.712. The highest BCUT2D eigenvalue weighted by Gasteiger charge is 2.32. The number of halogens is 1. The first-order valence-corrected chi connectivity index (χ1v) is 9.37. The van der Waals surface area contributed by atoms with Gasteiger partial charge in [0.05, 0.1) is 22.6 Å². The first-order chi connectivity index (χ1) is 11.5. The molecule has 24 heavy (non-hydrogen) atoms. The van der Waals surface area contributed by atoms with Gasteiger partial charge < -0.3 is 5.32 Å². The van der Waals surface area contributed by atoms with Crippen molar-refractivity contribution in [2.24, 2.45) is 0 Å². The summed E-state index contributed by atoms with van der Waals surface area (Å²) in [5, 5.41) is 14.5. The fourth-order valence-electron chi connectivity index (χ4n) is 2.80. The molecule has 1 heterocycles. The number of thioether (sulfide) groups is 1. The van der Waals surface area contributed by atoms with Crippen LogP contribution in [0.15, 0.2) is 46.1 Å². The van der Waals surface area contributed by atoms with E-state index in [2.05, 4.69) is 18.3 Å². The topological polar surface area (TPSA) is 52.9 Å². The molecule has 0 fully saturated rings. The first-order valence-electron chi connectivity index (χ1n) is 8.00. The fraction of sp³-hybridized carbons (Fsp3) is 0.368. The zero-order valence-corrected chi connectivity index (χ0v) is 15.7. The standard InChI is InChI=1S/C19H21ClN2OS/c1-4-5-10-24-19-16(11-21)18(14-6-8-15(20)9-7-14)17(13(3)23)12(2)22-19/h6-9,18,22H,4-5,10H2,1-3H3. The van der Waals surface area contributed by atoms with Crippen LogP contribution in [0, 0.1) is 11.3 Å². The summed E-state index contributed by atoms with van der Waals surface area (Å²) in [6, 6.07) is 9.70. The van der Waals surface area contributed by atoms with Crippen LogP contribution in [0.1, 0.15) is 45.1 Å². The van der Waals surface area contributed by atoms with Crippen LogP contribution in [0.4, 0.5) is 0 Å². The van der Waals surface area contributed by atoms with Gasteiger partial charge in [0.25, 0.3) is 0 Å². The van der Waals surface area contributed by atoms with Crippen molar-refractivity contribution in [2.45, 2.75) is 39.5 Å². The highest BCUT2D eigenvalue weighted by atomic mass is 35.5. The summed E-state index contributed by atoms with van der Waals surface area (Å²) in [7, 11) is 0. The lowest BCUT2D eigenvalue weighted by molar-refractivity contribution is -0.113. The van der Waals surface area contributed by atoms with E-state index in [9.17, 15) is 10.1 Å². The van der Waals surface area contributed by atoms with Gasteiger partial charge in [0.2, 0.25) is 0 Å². The lowest BCUT2D eigenvalue weighted by Crippen LogP contribution is -2.27. The minimum Gasteiger partial charge on any atom is -0.353 e. The SMILES string of the molecule is CCCCSC1=C(C#N)C(c2ccc(Cl)cc2)C(C(C)=O)=C(C)N1. The molecule has 0 radical (unpaired) electrons. The number of nitriles is 1. The van der Waals surface area contributed by atoms with Gasteiger partial charge in [-0.1, -0.05) is 37.1 Å². The number of hydrogen-bond acceptors (Lipinski definition) is 4. The number of Topliss-reactive ketones (excluding diaryl/α,β-unsaturated/α-hetero) is 1. The minimum absolute atomic E-state index is 0.0229. The van der Waals surface area contributed by atoms with Crippen molar-refractivity contribution in [2.75, 3.05) is 5.75 Å². The Morgan fingerprint density at radius 2 is 2.04 bits per heavy atom. The van der Waals surface area contributed by atoms with E-state index in [1.54, 1.807) is 30.8 Å². The molecule has 1 unspecified atom stereocenters. The number of benzene rings is 1. The summed E-state index contributed by atoms with van der Waals surface area (Å²) < 4.78 is 0. The number of unbranched alkanes of at least 4 members (excludes halogenated alkanes) is 1. The molecule has 0 spiro atoms. The molecule has 1 aliphatic heterocycles. The number of nitrogens with one attached hydrogen (secondary N) is 1. The summed E-state index contributed by atoms with van der Waals surface area (Å²) in [6.07, 6.45) is 2.19. The van der Waals surface area contributed by atoms with E-state index in [4.69, 9.17) is 11.6 Å². The Morgan fingerprint density at radius 3 is 2.58 bits per heavy atom. The minimum atomic E-state index is -0.338. The van der Waals surface area contributed by atoms with E-state index < -0.39 is 0 Å². The van der Waals surface area contributed by atoms with Gasteiger partial charge >= 0.3 is 0 Å². The predicted molar refractivity (Wildman–Crippen MR) is 101 cm³/mol. The maximum atomic E-state index is 12.2. The van der Waals surface area contributed by atoms with Crippen LogP contribution in [0.2, 0.25) is 5.02 Å². The third-order valence-corrected chi connectivity index (χ3v) is 5.33. The van der Waals surface area contributed by atoms with Crippen LogP contribution in [-0.4, -0.2) is 11.5 Å². The number of dihydropyridines is 1. The molecule has 1 aromatic carbocycles. The number of rotatable bonds is 6. The van der Waals surface area contributed by atoms with E-state index in [1.807, 2.05) is 19.1 Å². The number of allylic oxidation sites excluding steroid dienone is 3. The maximum absolute atomic E-state index is 12.2. The Labute approximate surface area is 152 Å². The Hall–Kier alpha value is -1.70. The molecule has 1 aromatic rings. The Bertz CT molecular complexity index is 729. The Morgan fingerprint density at radius 1 is 1.38 bits per heavy atom. The van der Waals surface area contributed by atoms with Crippen molar-refractivity contribution in [3.63, 3.8) is 0 Å². The van der Waals surface area contributed by atoms with Gasteiger partial charge in [-0.3, -0.25) is 4.79 Å². The number of ketones is 1. The van der Waals surface area contributed by atoms with Gasteiger partial charge in [-0.2, -0.15) is 5.26 Å². The lowest BCUT2D eigenvalue weighted by atomic mass is 9.81. The van der Waals surface area contributed by atoms with E-state index in [-0.39, 0.29) is 11.7 Å². The molecule has 1 aliphatic rings. The van der Waals surface area contributed by atoms with Crippen LogP contribution in [0.5, 0.6) is 0 Å². The van der Waals surface area contributed by atoms with Gasteiger partial charge in [-0.25, -0.2) is 0 Å². The van der Waals surface area contributed by atoms with E-state index in [0.29, 0.717) is 16.2 Å². The van der Waals surface area contributed by atoms with Gasteiger partial charge in [0.15, 0.2) is 5.78 Å². The number of carbonyl (C=O) groups is 1. The smallest absolute Gasteiger partial charge is 0.158 e. The Kier molecular flexibility index (Phi) is 6.53. The number of hydrogen-bond donors (Lipinski definition) is 1. The molecule has 1 N–H and O–H groups in total. The molecule has 0 aromatic heterocycles. The molecule has 3 nitrogen and oxygen atoms in total. The predicted octanol–water partition coefficient (Wildman–Crippen LogP) is 5.16. The van der Waals surface area contributed by atoms with Crippen LogP contribution in [0.3, 0.4) is 0 Å². The van der Waals surface area contributed by atoms with Crippen molar-refractivity contribution in [3.05, 3.63) is 56.7 Å². The summed E-state index contributed by atoms with van der Waals surface area (Å²) in [4.78, 5) is 12.2. The zero-order valence-electron chi connectivity index (χ0n) is 14.1. The molecule has 0 aliphatic carbocycles. The van der Waals surface area contributed by atoms with Crippen LogP contribution >= 0.6 is 23.4 Å². The zero-order chi connectivity index (χ0) is 17.7. The second-order valence-corrected chi connectivity index (χ2v) is 7.30. The molecule has 0 amide bonds. The highest BCUT2D eigenvalue weighted by molar-refractivity contribution is 8.03. The largest absolute Gasteiger partial charge is 0.353 e. The molecule has 126 valence electrons. The molecule has 0 saturated heterocycles. The van der Waals surface area contributed by atoms with Gasteiger partial charge in [0.1, 0.15) is 0 Å². The van der Waals surface area contributed by atoms with Crippen LogP contribution in [-0.2, 0) is 4.79 Å². The average Bonchev–Trinajstić information content (AvgIpc) is 2.55. The average molecular weight is 361 g/mol. The van der Waals surface area contributed by atoms with Crippen molar-refractivity contribution in [1.29, 1.82) is 5.26 Å². The van der Waals surface area contributed by atoms with Crippen molar-refractivity contribution >= 4 is 29.1 Å². The molecule has 2 rings (SSSR count). The van der Waals surface area contributed by atoms with E-state index in [0.717, 1.165) is 34.9 Å². The van der Waals surface area contributed by atoms with Crippen molar-refractivity contribution in [1.82, 2.24) is 5.32 Å². The van der Waals surface area contributed by atoms with Crippen LogP contribution < -0.4 is 5.32 Å². The van der Waals surface area contributed by atoms with Crippen molar-refractivity contribution < 1.29 is 4.79 Å². The van der Waals surface area contributed by atoms with E-state index in [1.165, 1.54) is 0 Å². The molecular formula is C19H21ClN2OS. The summed E-state index contributed by atoms with van der Waals surface area (Å²) in [6.45, 7) is 5.59. The lowest BCUT2D eigenvalue weighted by Gasteiger charge is -2.29. The maximum Gasteiger partial charge on any atom is 0.158 e. The summed E-state index contributed by atoms with van der Waals surface area (Å²) >= 11 is 7.64. The molecule has 0 bridgehead atoms. The van der Waals surface area contributed by atoms with Gasteiger partial charge in [0, 0.05) is 16.3 Å². The normalized spacial score (nSPS) is 17.5. The first kappa shape index (κ1) is 18.6. The molecule has 0 saturated carbocycles. The summed E-state index contributed by atoms with van der Waals surface area (Å²) in [5.41, 5.74) is 2.99.